The number of piperidine rings is 1. The van der Waals surface area contributed by atoms with Crippen molar-refractivity contribution in [1.82, 2.24) is 5.32 Å². The predicted molar refractivity (Wildman–Crippen MR) is 36.9 cm³/mol. The molecule has 68 valence electrons. The first-order valence-electron chi connectivity index (χ1n) is 2.99. The van der Waals surface area contributed by atoms with Crippen LogP contribution in [0.3, 0.4) is 0 Å². The number of alkyl halides is 2. The van der Waals surface area contributed by atoms with Gasteiger partial charge in [-0.3, -0.25) is 0 Å². The fourth-order valence-electron chi connectivity index (χ4n) is 0.833. The molecule has 0 aromatic heterocycles. The van der Waals surface area contributed by atoms with Gasteiger partial charge in [-0.2, -0.15) is 8.78 Å². The van der Waals surface area contributed by atoms with Crippen molar-refractivity contribution >= 4 is 12.4 Å². The van der Waals surface area contributed by atoms with Crippen LogP contribution >= 0.6 is 12.4 Å². The van der Waals surface area contributed by atoms with Crippen molar-refractivity contribution in [1.29, 1.82) is 0 Å². The summed E-state index contributed by atoms with van der Waals surface area (Å²) in [6, 6.07) is 0. The summed E-state index contributed by atoms with van der Waals surface area (Å²) in [7, 11) is 0. The van der Waals surface area contributed by atoms with E-state index in [9.17, 15) is 8.78 Å². The van der Waals surface area contributed by atoms with Gasteiger partial charge in [-0.25, -0.2) is 0 Å². The van der Waals surface area contributed by atoms with Gasteiger partial charge in [0.2, 0.25) is 5.79 Å². The van der Waals surface area contributed by atoms with E-state index in [0.29, 0.717) is 0 Å². The van der Waals surface area contributed by atoms with E-state index in [2.05, 4.69) is 5.32 Å². The molecule has 0 spiro atoms. The van der Waals surface area contributed by atoms with Crippen molar-refractivity contribution in [2.24, 2.45) is 0 Å². The molecule has 1 heterocycles. The second kappa shape index (κ2) is 3.18. The lowest BCUT2D eigenvalue weighted by Gasteiger charge is -2.35. The summed E-state index contributed by atoms with van der Waals surface area (Å²) in [5.41, 5.74) is 0. The summed E-state index contributed by atoms with van der Waals surface area (Å²) in [5, 5.41) is 19.7. The SMILES string of the molecule is Cl.OC1(O)CCNCC1(F)F. The second-order valence-electron chi connectivity index (χ2n) is 2.45. The van der Waals surface area contributed by atoms with E-state index in [1.54, 1.807) is 0 Å². The van der Waals surface area contributed by atoms with E-state index in [4.69, 9.17) is 10.2 Å². The molecule has 6 heteroatoms. The maximum atomic E-state index is 12.4. The van der Waals surface area contributed by atoms with Gasteiger partial charge in [-0.15, -0.1) is 12.4 Å². The molecular formula is C5H10ClF2NO2. The third kappa shape index (κ3) is 1.99. The van der Waals surface area contributed by atoms with Crippen LogP contribution in [0.25, 0.3) is 0 Å². The Morgan fingerprint density at radius 3 is 2.09 bits per heavy atom. The van der Waals surface area contributed by atoms with Gasteiger partial charge < -0.3 is 15.5 Å². The fourth-order valence-corrected chi connectivity index (χ4v) is 0.833. The highest BCUT2D eigenvalue weighted by Gasteiger charge is 2.52. The van der Waals surface area contributed by atoms with Crippen molar-refractivity contribution in [2.45, 2.75) is 18.1 Å². The summed E-state index contributed by atoms with van der Waals surface area (Å²) >= 11 is 0. The largest absolute Gasteiger partial charge is 0.361 e. The molecule has 0 aliphatic carbocycles. The Morgan fingerprint density at radius 1 is 1.27 bits per heavy atom. The van der Waals surface area contributed by atoms with Crippen LogP contribution < -0.4 is 5.32 Å². The zero-order valence-corrected chi connectivity index (χ0v) is 6.50. The molecule has 0 bridgehead atoms. The van der Waals surface area contributed by atoms with E-state index < -0.39 is 18.3 Å². The van der Waals surface area contributed by atoms with Gasteiger partial charge in [-0.1, -0.05) is 0 Å². The Labute approximate surface area is 68.8 Å². The fraction of sp³-hybridized carbons (Fsp3) is 1.00. The molecule has 1 saturated heterocycles. The molecule has 3 N–H and O–H groups in total. The molecule has 0 unspecified atom stereocenters. The highest BCUT2D eigenvalue weighted by Crippen LogP contribution is 2.30. The summed E-state index contributed by atoms with van der Waals surface area (Å²) in [4.78, 5) is 0. The van der Waals surface area contributed by atoms with Crippen LogP contribution in [0.2, 0.25) is 0 Å². The number of hydrogen-bond acceptors (Lipinski definition) is 3. The van der Waals surface area contributed by atoms with E-state index in [-0.39, 0.29) is 25.4 Å². The third-order valence-electron chi connectivity index (χ3n) is 1.58. The predicted octanol–water partition coefficient (Wildman–Crippen LogP) is -0.282. The van der Waals surface area contributed by atoms with E-state index in [1.165, 1.54) is 0 Å². The first-order valence-corrected chi connectivity index (χ1v) is 2.99. The normalized spacial score (nSPS) is 27.3. The Hall–Kier alpha value is 0.0300. The van der Waals surface area contributed by atoms with Gasteiger partial charge >= 0.3 is 5.92 Å². The van der Waals surface area contributed by atoms with E-state index in [1.807, 2.05) is 0 Å². The smallest absolute Gasteiger partial charge is 0.312 e. The number of nitrogens with one attached hydrogen (secondary N) is 1. The molecule has 1 aliphatic rings. The van der Waals surface area contributed by atoms with Crippen molar-refractivity contribution in [2.75, 3.05) is 13.1 Å². The topological polar surface area (TPSA) is 52.5 Å². The standard InChI is InChI=1S/C5H9F2NO2.ClH/c6-4(7)3-8-2-1-5(4,9)10;/h8-10H,1-3H2;1H. The molecule has 1 fully saturated rings. The molecular weight excluding hydrogens is 180 g/mol. The third-order valence-corrected chi connectivity index (χ3v) is 1.58. The lowest BCUT2D eigenvalue weighted by atomic mass is 10.0. The number of halogens is 3. The van der Waals surface area contributed by atoms with Crippen LogP contribution in [0.15, 0.2) is 0 Å². The molecule has 0 aromatic rings. The highest BCUT2D eigenvalue weighted by atomic mass is 35.5. The van der Waals surface area contributed by atoms with Crippen molar-refractivity contribution < 1.29 is 19.0 Å². The van der Waals surface area contributed by atoms with Crippen LogP contribution in [0.4, 0.5) is 8.78 Å². The Kier molecular flexibility index (Phi) is 3.19. The number of rotatable bonds is 0. The van der Waals surface area contributed by atoms with Crippen LogP contribution in [0, 0.1) is 0 Å². The number of aliphatic hydroxyl groups is 2. The van der Waals surface area contributed by atoms with Crippen molar-refractivity contribution in [3.63, 3.8) is 0 Å². The van der Waals surface area contributed by atoms with E-state index in [0.717, 1.165) is 0 Å². The molecule has 0 radical (unpaired) electrons. The second-order valence-corrected chi connectivity index (χ2v) is 2.45. The van der Waals surface area contributed by atoms with Gasteiger partial charge in [0, 0.05) is 13.0 Å². The van der Waals surface area contributed by atoms with Gasteiger partial charge in [0.15, 0.2) is 0 Å². The molecule has 0 aromatic carbocycles. The minimum atomic E-state index is -3.43. The lowest BCUT2D eigenvalue weighted by Crippen LogP contribution is -2.59. The number of hydrogen-bond donors (Lipinski definition) is 3. The highest BCUT2D eigenvalue weighted by molar-refractivity contribution is 5.85. The average molecular weight is 190 g/mol. The molecule has 3 nitrogen and oxygen atoms in total. The van der Waals surface area contributed by atoms with Crippen LogP contribution in [-0.4, -0.2) is 35.0 Å². The van der Waals surface area contributed by atoms with Gasteiger partial charge in [0.25, 0.3) is 0 Å². The van der Waals surface area contributed by atoms with Crippen LogP contribution in [0.1, 0.15) is 6.42 Å². The first-order chi connectivity index (χ1) is 4.46. The first kappa shape index (κ1) is 11.0. The van der Waals surface area contributed by atoms with Crippen molar-refractivity contribution in [3.05, 3.63) is 0 Å². The summed E-state index contributed by atoms with van der Waals surface area (Å²) in [6.45, 7) is -0.456. The lowest BCUT2D eigenvalue weighted by molar-refractivity contribution is -0.304. The maximum absolute atomic E-state index is 12.4. The Bertz CT molecular complexity index is 126. The minimum absolute atomic E-state index is 0. The van der Waals surface area contributed by atoms with Gasteiger partial charge in [0.05, 0.1) is 6.54 Å². The summed E-state index contributed by atoms with van der Waals surface area (Å²) in [5.74, 6) is -6.25. The summed E-state index contributed by atoms with van der Waals surface area (Å²) in [6.07, 6.45) is -0.333. The Balaban J connectivity index is 0.000001000. The molecule has 0 atom stereocenters. The zero-order chi connectivity index (χ0) is 7.83. The van der Waals surface area contributed by atoms with Crippen molar-refractivity contribution in [3.8, 4) is 0 Å². The molecule has 11 heavy (non-hydrogen) atoms. The quantitative estimate of drug-likeness (QED) is 0.460. The van der Waals surface area contributed by atoms with Gasteiger partial charge in [-0.05, 0) is 0 Å². The van der Waals surface area contributed by atoms with Gasteiger partial charge in [0.1, 0.15) is 0 Å². The Morgan fingerprint density at radius 2 is 1.82 bits per heavy atom. The average Bonchev–Trinajstić information content (AvgIpc) is 1.77. The molecule has 0 amide bonds. The monoisotopic (exact) mass is 189 g/mol. The molecule has 0 saturated carbocycles. The minimum Gasteiger partial charge on any atom is -0.361 e. The maximum Gasteiger partial charge on any atom is 0.312 e. The summed E-state index contributed by atoms with van der Waals surface area (Å²) < 4.78 is 24.8. The zero-order valence-electron chi connectivity index (χ0n) is 5.68. The van der Waals surface area contributed by atoms with E-state index >= 15 is 0 Å². The van der Waals surface area contributed by atoms with Crippen LogP contribution in [0.5, 0.6) is 0 Å². The molecule has 1 rings (SSSR count). The van der Waals surface area contributed by atoms with Crippen LogP contribution in [-0.2, 0) is 0 Å². The molecule has 1 aliphatic heterocycles.